The third-order valence-electron chi connectivity index (χ3n) is 2.95. The van der Waals surface area contributed by atoms with Crippen molar-refractivity contribution in [3.8, 4) is 0 Å². The number of rotatable bonds is 4. The smallest absolute Gasteiger partial charge is 0.331 e. The van der Waals surface area contributed by atoms with Gasteiger partial charge in [0.15, 0.2) is 6.04 Å². The quantitative estimate of drug-likeness (QED) is 0.802. The molecule has 8 nitrogen and oxygen atoms in total. The Labute approximate surface area is 119 Å². The van der Waals surface area contributed by atoms with E-state index in [1.807, 2.05) is 0 Å². The zero-order valence-corrected chi connectivity index (χ0v) is 11.5. The number of aromatic nitrogens is 3. The van der Waals surface area contributed by atoms with Gasteiger partial charge in [0.05, 0.1) is 6.20 Å². The summed E-state index contributed by atoms with van der Waals surface area (Å²) in [7, 11) is 3.20. The molecule has 2 heterocycles. The van der Waals surface area contributed by atoms with Gasteiger partial charge in [0.1, 0.15) is 0 Å². The highest BCUT2D eigenvalue weighted by atomic mass is 16.4. The number of carboxylic acid groups (broad SMARTS) is 1. The Morgan fingerprint density at radius 1 is 1.38 bits per heavy atom. The number of hydrogen-bond acceptors (Lipinski definition) is 4. The molecular weight excluding hydrogens is 276 g/mol. The van der Waals surface area contributed by atoms with Crippen LogP contribution in [0.1, 0.15) is 22.0 Å². The van der Waals surface area contributed by atoms with Gasteiger partial charge in [-0.05, 0) is 6.07 Å². The summed E-state index contributed by atoms with van der Waals surface area (Å²) in [5.41, 5.74) is 0.103. The molecule has 1 atom stereocenters. The number of pyridine rings is 1. The lowest BCUT2D eigenvalue weighted by Gasteiger charge is -2.13. The average Bonchev–Trinajstić information content (AvgIpc) is 2.84. The summed E-state index contributed by atoms with van der Waals surface area (Å²) in [6.07, 6.45) is 4.31. The van der Waals surface area contributed by atoms with Gasteiger partial charge < -0.3 is 15.0 Å². The van der Waals surface area contributed by atoms with Crippen LogP contribution in [-0.2, 0) is 18.9 Å². The molecule has 0 spiro atoms. The van der Waals surface area contributed by atoms with E-state index >= 15 is 0 Å². The fourth-order valence-corrected chi connectivity index (χ4v) is 1.78. The van der Waals surface area contributed by atoms with Gasteiger partial charge in [0, 0.05) is 43.7 Å². The molecule has 0 aliphatic carbocycles. The number of carboxylic acids is 1. The van der Waals surface area contributed by atoms with Gasteiger partial charge in [-0.1, -0.05) is 0 Å². The molecule has 0 aromatic carbocycles. The number of carbonyl (C=O) groups is 2. The van der Waals surface area contributed by atoms with Gasteiger partial charge in [-0.3, -0.25) is 14.3 Å². The largest absolute Gasteiger partial charge is 0.479 e. The van der Waals surface area contributed by atoms with E-state index in [0.29, 0.717) is 5.56 Å². The topological polar surface area (TPSA) is 106 Å². The Kier molecular flexibility index (Phi) is 3.88. The summed E-state index contributed by atoms with van der Waals surface area (Å²) in [6, 6.07) is 1.37. The third-order valence-corrected chi connectivity index (χ3v) is 2.95. The van der Waals surface area contributed by atoms with E-state index in [9.17, 15) is 19.5 Å². The predicted octanol–water partition coefficient (Wildman–Crippen LogP) is -0.326. The van der Waals surface area contributed by atoms with E-state index in [0.717, 1.165) is 6.07 Å². The first-order chi connectivity index (χ1) is 9.88. The molecule has 1 unspecified atom stereocenters. The Hall–Kier alpha value is -2.90. The van der Waals surface area contributed by atoms with Crippen molar-refractivity contribution >= 4 is 11.9 Å². The molecule has 0 radical (unpaired) electrons. The van der Waals surface area contributed by atoms with Gasteiger partial charge in [0.25, 0.3) is 11.5 Å². The molecule has 2 N–H and O–H groups in total. The monoisotopic (exact) mass is 290 g/mol. The van der Waals surface area contributed by atoms with Crippen molar-refractivity contribution in [2.45, 2.75) is 6.04 Å². The summed E-state index contributed by atoms with van der Waals surface area (Å²) in [5.74, 6) is -1.84. The van der Waals surface area contributed by atoms with Crippen molar-refractivity contribution in [2.24, 2.45) is 14.1 Å². The van der Waals surface area contributed by atoms with Crippen molar-refractivity contribution in [1.29, 1.82) is 0 Å². The Bertz CT molecular complexity index is 747. The van der Waals surface area contributed by atoms with E-state index in [2.05, 4.69) is 10.4 Å². The van der Waals surface area contributed by atoms with Gasteiger partial charge in [0.2, 0.25) is 0 Å². The molecular formula is C13H14N4O4. The Morgan fingerprint density at radius 3 is 2.62 bits per heavy atom. The number of aliphatic carboxylic acids is 1. The van der Waals surface area contributed by atoms with E-state index in [1.54, 1.807) is 14.1 Å². The van der Waals surface area contributed by atoms with Crippen LogP contribution in [0.3, 0.4) is 0 Å². The molecule has 110 valence electrons. The van der Waals surface area contributed by atoms with Crippen LogP contribution in [0, 0.1) is 0 Å². The van der Waals surface area contributed by atoms with Crippen molar-refractivity contribution in [3.05, 3.63) is 52.2 Å². The minimum Gasteiger partial charge on any atom is -0.479 e. The van der Waals surface area contributed by atoms with Crippen LogP contribution in [0.15, 0.2) is 35.5 Å². The van der Waals surface area contributed by atoms with Crippen molar-refractivity contribution in [2.75, 3.05) is 0 Å². The second kappa shape index (κ2) is 5.61. The third kappa shape index (κ3) is 3.16. The number of nitrogens with one attached hydrogen (secondary N) is 1. The Balaban J connectivity index is 2.24. The number of aryl methyl sites for hydroxylation is 2. The molecule has 1 amide bonds. The summed E-state index contributed by atoms with van der Waals surface area (Å²) >= 11 is 0. The van der Waals surface area contributed by atoms with Crippen molar-refractivity contribution < 1.29 is 14.7 Å². The lowest BCUT2D eigenvalue weighted by molar-refractivity contribution is -0.139. The molecule has 8 heteroatoms. The Morgan fingerprint density at radius 2 is 2.10 bits per heavy atom. The lowest BCUT2D eigenvalue weighted by atomic mass is 10.1. The first-order valence-corrected chi connectivity index (χ1v) is 6.07. The van der Waals surface area contributed by atoms with Crippen LogP contribution < -0.4 is 10.9 Å². The van der Waals surface area contributed by atoms with Crippen LogP contribution in [-0.4, -0.2) is 31.3 Å². The highest BCUT2D eigenvalue weighted by Gasteiger charge is 2.24. The summed E-state index contributed by atoms with van der Waals surface area (Å²) in [4.78, 5) is 34.8. The van der Waals surface area contributed by atoms with Gasteiger partial charge in [-0.25, -0.2) is 4.79 Å². The second-order valence-corrected chi connectivity index (χ2v) is 4.56. The van der Waals surface area contributed by atoms with Gasteiger partial charge in [-0.2, -0.15) is 5.10 Å². The normalized spacial score (nSPS) is 11.9. The molecule has 0 aliphatic heterocycles. The number of hydrogen-bond donors (Lipinski definition) is 2. The first-order valence-electron chi connectivity index (χ1n) is 6.07. The highest BCUT2D eigenvalue weighted by Crippen LogP contribution is 2.12. The van der Waals surface area contributed by atoms with Crippen LogP contribution >= 0.6 is 0 Å². The second-order valence-electron chi connectivity index (χ2n) is 4.56. The van der Waals surface area contributed by atoms with E-state index in [1.165, 1.54) is 33.9 Å². The maximum absolute atomic E-state index is 12.1. The van der Waals surface area contributed by atoms with Crippen LogP contribution in [0.2, 0.25) is 0 Å². The van der Waals surface area contributed by atoms with Crippen LogP contribution in [0.4, 0.5) is 0 Å². The lowest BCUT2D eigenvalue weighted by Crippen LogP contribution is -2.34. The molecule has 2 aromatic rings. The van der Waals surface area contributed by atoms with Gasteiger partial charge >= 0.3 is 5.97 Å². The molecule has 0 saturated heterocycles. The van der Waals surface area contributed by atoms with E-state index in [-0.39, 0.29) is 11.1 Å². The van der Waals surface area contributed by atoms with Crippen LogP contribution in [0.25, 0.3) is 0 Å². The maximum Gasteiger partial charge on any atom is 0.331 e. The molecule has 0 bridgehead atoms. The average molecular weight is 290 g/mol. The van der Waals surface area contributed by atoms with Gasteiger partial charge in [-0.15, -0.1) is 0 Å². The molecule has 2 rings (SSSR count). The predicted molar refractivity (Wildman–Crippen MR) is 72.7 cm³/mol. The zero-order valence-electron chi connectivity index (χ0n) is 11.5. The van der Waals surface area contributed by atoms with E-state index in [4.69, 9.17) is 0 Å². The number of carbonyl (C=O) groups excluding carboxylic acids is 1. The fourth-order valence-electron chi connectivity index (χ4n) is 1.78. The minimum absolute atomic E-state index is 0.105. The molecule has 2 aromatic heterocycles. The standard InChI is InChI=1S/C13H14N4O4/c1-16-4-3-8(5-10(16)18)12(19)15-11(13(20)21)9-6-14-17(2)7-9/h3-7,11H,1-2H3,(H,15,19)(H,20,21). The minimum atomic E-state index is -1.23. The van der Waals surface area contributed by atoms with Crippen LogP contribution in [0.5, 0.6) is 0 Å². The van der Waals surface area contributed by atoms with Crippen molar-refractivity contribution in [3.63, 3.8) is 0 Å². The number of nitrogens with zero attached hydrogens (tertiary/aromatic N) is 3. The number of amides is 1. The fraction of sp³-hybridized carbons (Fsp3) is 0.231. The highest BCUT2D eigenvalue weighted by molar-refractivity contribution is 5.96. The summed E-state index contributed by atoms with van der Waals surface area (Å²) in [6.45, 7) is 0. The molecule has 0 saturated carbocycles. The zero-order chi connectivity index (χ0) is 15.6. The molecule has 0 aliphatic rings. The molecule has 21 heavy (non-hydrogen) atoms. The first kappa shape index (κ1) is 14.5. The maximum atomic E-state index is 12.1. The molecule has 0 fully saturated rings. The SMILES string of the molecule is Cn1cc(C(NC(=O)c2ccn(C)c(=O)c2)C(=O)O)cn1. The summed E-state index contributed by atoms with van der Waals surface area (Å²) < 4.78 is 2.75. The summed E-state index contributed by atoms with van der Waals surface area (Å²) in [5, 5.41) is 15.5. The van der Waals surface area contributed by atoms with E-state index < -0.39 is 17.9 Å². The van der Waals surface area contributed by atoms with Crippen molar-refractivity contribution in [1.82, 2.24) is 19.7 Å².